The molecule has 0 N–H and O–H groups in total. The molecule has 1 aliphatic heterocycles. The van der Waals surface area contributed by atoms with E-state index >= 15 is 0 Å². The van der Waals surface area contributed by atoms with Crippen molar-refractivity contribution in [2.24, 2.45) is 11.3 Å². The van der Waals surface area contributed by atoms with Crippen molar-refractivity contribution in [1.82, 2.24) is 4.90 Å². The van der Waals surface area contributed by atoms with Gasteiger partial charge in [-0.25, -0.2) is 0 Å². The second-order valence-electron chi connectivity index (χ2n) is 7.01. The first-order chi connectivity index (χ1) is 9.70. The van der Waals surface area contributed by atoms with Gasteiger partial charge in [-0.15, -0.1) is 0 Å². The Morgan fingerprint density at radius 3 is 2.52 bits per heavy atom. The molecule has 2 rings (SSSR count). The molecule has 4 heteroatoms. The van der Waals surface area contributed by atoms with Crippen LogP contribution in [0.2, 0.25) is 10.0 Å². The highest BCUT2D eigenvalue weighted by molar-refractivity contribution is 6.37. The molecule has 2 unspecified atom stereocenters. The van der Waals surface area contributed by atoms with Crippen molar-refractivity contribution in [3.8, 4) is 0 Å². The van der Waals surface area contributed by atoms with Crippen LogP contribution in [0.3, 0.4) is 0 Å². The SMILES string of the molecule is CC(C(=O)c1ccc(Cl)cc1Cl)N1CCC(C(C)(C)C)C1. The van der Waals surface area contributed by atoms with Crippen LogP contribution in [0.4, 0.5) is 0 Å². The lowest BCUT2D eigenvalue weighted by molar-refractivity contribution is 0.0853. The number of carbonyl (C=O) groups excluding carboxylic acids is 1. The minimum atomic E-state index is -0.143. The number of halogens is 2. The molecule has 0 bridgehead atoms. The van der Waals surface area contributed by atoms with Crippen molar-refractivity contribution in [3.63, 3.8) is 0 Å². The lowest BCUT2D eigenvalue weighted by atomic mass is 9.80. The third-order valence-corrected chi connectivity index (χ3v) is 5.12. The number of hydrogen-bond acceptors (Lipinski definition) is 2. The number of benzene rings is 1. The number of ketones is 1. The molecule has 0 aromatic heterocycles. The smallest absolute Gasteiger partial charge is 0.181 e. The average Bonchev–Trinajstić information content (AvgIpc) is 2.86. The second kappa shape index (κ2) is 6.28. The van der Waals surface area contributed by atoms with Crippen LogP contribution in [-0.2, 0) is 0 Å². The summed E-state index contributed by atoms with van der Waals surface area (Å²) in [6.07, 6.45) is 1.15. The fourth-order valence-corrected chi connectivity index (χ4v) is 3.43. The van der Waals surface area contributed by atoms with Crippen molar-refractivity contribution in [2.45, 2.75) is 40.2 Å². The molecule has 0 spiro atoms. The first-order valence-electron chi connectivity index (χ1n) is 7.43. The number of rotatable bonds is 3. The maximum atomic E-state index is 12.7. The van der Waals surface area contributed by atoms with E-state index in [1.165, 1.54) is 0 Å². The molecule has 0 aliphatic carbocycles. The topological polar surface area (TPSA) is 20.3 Å². The molecule has 1 fully saturated rings. The second-order valence-corrected chi connectivity index (χ2v) is 7.85. The van der Waals surface area contributed by atoms with Crippen LogP contribution in [-0.4, -0.2) is 29.8 Å². The quantitative estimate of drug-likeness (QED) is 0.733. The summed E-state index contributed by atoms with van der Waals surface area (Å²) in [5.74, 6) is 0.708. The molecule has 2 nitrogen and oxygen atoms in total. The van der Waals surface area contributed by atoms with E-state index in [9.17, 15) is 4.79 Å². The standard InChI is InChI=1S/C17H23Cl2NO/c1-11(20-8-7-12(10-20)17(2,3)4)16(21)14-6-5-13(18)9-15(14)19/h5-6,9,11-12H,7-8,10H2,1-4H3. The van der Waals surface area contributed by atoms with Crippen molar-refractivity contribution in [2.75, 3.05) is 13.1 Å². The minimum absolute atomic E-state index is 0.0752. The molecule has 21 heavy (non-hydrogen) atoms. The number of nitrogens with zero attached hydrogens (tertiary/aromatic N) is 1. The van der Waals surface area contributed by atoms with Crippen LogP contribution in [0.15, 0.2) is 18.2 Å². The van der Waals surface area contributed by atoms with Crippen LogP contribution in [0.25, 0.3) is 0 Å². The number of hydrogen-bond donors (Lipinski definition) is 0. The van der Waals surface area contributed by atoms with Crippen LogP contribution in [0.5, 0.6) is 0 Å². The maximum absolute atomic E-state index is 12.7. The van der Waals surface area contributed by atoms with Gasteiger partial charge in [-0.3, -0.25) is 9.69 Å². The van der Waals surface area contributed by atoms with Gasteiger partial charge in [0.15, 0.2) is 5.78 Å². The summed E-state index contributed by atoms with van der Waals surface area (Å²) in [6, 6.07) is 4.93. The summed E-state index contributed by atoms with van der Waals surface area (Å²) in [4.78, 5) is 14.9. The van der Waals surface area contributed by atoms with Crippen molar-refractivity contribution in [1.29, 1.82) is 0 Å². The Bertz CT molecular complexity index is 536. The highest BCUT2D eigenvalue weighted by Crippen LogP contribution is 2.35. The average molecular weight is 328 g/mol. The first-order valence-corrected chi connectivity index (χ1v) is 8.19. The van der Waals surface area contributed by atoms with Crippen LogP contribution in [0.1, 0.15) is 44.5 Å². The zero-order valence-electron chi connectivity index (χ0n) is 13.1. The van der Waals surface area contributed by atoms with Gasteiger partial charge in [0.25, 0.3) is 0 Å². The summed E-state index contributed by atoms with van der Waals surface area (Å²) in [7, 11) is 0. The summed E-state index contributed by atoms with van der Waals surface area (Å²) in [5, 5.41) is 0.990. The Morgan fingerprint density at radius 2 is 2.00 bits per heavy atom. The maximum Gasteiger partial charge on any atom is 0.181 e. The summed E-state index contributed by atoms with van der Waals surface area (Å²) >= 11 is 12.0. The van der Waals surface area contributed by atoms with Gasteiger partial charge in [-0.05, 0) is 49.4 Å². The summed E-state index contributed by atoms with van der Waals surface area (Å²) < 4.78 is 0. The molecule has 1 saturated heterocycles. The fourth-order valence-electron chi connectivity index (χ4n) is 2.93. The van der Waals surface area contributed by atoms with Gasteiger partial charge in [-0.1, -0.05) is 44.0 Å². The molecule has 1 heterocycles. The van der Waals surface area contributed by atoms with E-state index in [4.69, 9.17) is 23.2 Å². The van der Waals surface area contributed by atoms with Gasteiger partial charge in [0.05, 0.1) is 11.1 Å². The Morgan fingerprint density at radius 1 is 1.33 bits per heavy atom. The molecule has 0 saturated carbocycles. The molecule has 2 atom stereocenters. The Balaban J connectivity index is 2.10. The van der Waals surface area contributed by atoms with Crippen LogP contribution in [0, 0.1) is 11.3 Å². The minimum Gasteiger partial charge on any atom is -0.293 e. The van der Waals surface area contributed by atoms with Gasteiger partial charge < -0.3 is 0 Å². The molecular formula is C17H23Cl2NO. The number of Topliss-reactive ketones (excluding diaryl/α,β-unsaturated/α-hetero) is 1. The molecule has 1 aromatic rings. The molecule has 0 amide bonds. The van der Waals surface area contributed by atoms with E-state index in [2.05, 4.69) is 25.7 Å². The van der Waals surface area contributed by atoms with Crippen molar-refractivity contribution >= 4 is 29.0 Å². The predicted molar refractivity (Wildman–Crippen MR) is 89.4 cm³/mol. The Hall–Kier alpha value is -0.570. The monoisotopic (exact) mass is 327 g/mol. The summed E-state index contributed by atoms with van der Waals surface area (Å²) in [6.45, 7) is 10.7. The third kappa shape index (κ3) is 3.80. The van der Waals surface area contributed by atoms with Crippen LogP contribution >= 0.6 is 23.2 Å². The van der Waals surface area contributed by atoms with Gasteiger partial charge in [0.1, 0.15) is 0 Å². The molecule has 0 radical (unpaired) electrons. The lowest BCUT2D eigenvalue weighted by Crippen LogP contribution is -2.38. The number of carbonyl (C=O) groups is 1. The first kappa shape index (κ1) is 16.8. The lowest BCUT2D eigenvalue weighted by Gasteiger charge is -2.29. The highest BCUT2D eigenvalue weighted by Gasteiger charge is 2.35. The number of likely N-dealkylation sites (tertiary alicyclic amines) is 1. The molecule has 116 valence electrons. The van der Waals surface area contributed by atoms with E-state index < -0.39 is 0 Å². The van der Waals surface area contributed by atoms with Gasteiger partial charge in [-0.2, -0.15) is 0 Å². The largest absolute Gasteiger partial charge is 0.293 e. The normalized spacial score (nSPS) is 21.5. The Kier molecular flexibility index (Phi) is 5.02. The van der Waals surface area contributed by atoms with Gasteiger partial charge in [0.2, 0.25) is 0 Å². The molecular weight excluding hydrogens is 305 g/mol. The Labute approximate surface area is 137 Å². The van der Waals surface area contributed by atoms with E-state index in [-0.39, 0.29) is 17.2 Å². The van der Waals surface area contributed by atoms with Crippen molar-refractivity contribution in [3.05, 3.63) is 33.8 Å². The van der Waals surface area contributed by atoms with Gasteiger partial charge in [0, 0.05) is 17.1 Å². The van der Waals surface area contributed by atoms with Crippen molar-refractivity contribution < 1.29 is 4.79 Å². The van der Waals surface area contributed by atoms with E-state index in [0.717, 1.165) is 19.5 Å². The zero-order valence-corrected chi connectivity index (χ0v) is 14.6. The summed E-state index contributed by atoms with van der Waals surface area (Å²) in [5.41, 5.74) is 0.850. The predicted octanol–water partition coefficient (Wildman–Crippen LogP) is 4.93. The highest BCUT2D eigenvalue weighted by atomic mass is 35.5. The van der Waals surface area contributed by atoms with E-state index in [1.54, 1.807) is 18.2 Å². The molecule has 1 aromatic carbocycles. The van der Waals surface area contributed by atoms with Gasteiger partial charge >= 0.3 is 0 Å². The molecule has 1 aliphatic rings. The van der Waals surface area contributed by atoms with E-state index in [1.807, 2.05) is 6.92 Å². The van der Waals surface area contributed by atoms with Crippen LogP contribution < -0.4 is 0 Å². The zero-order chi connectivity index (χ0) is 15.8. The van der Waals surface area contributed by atoms with E-state index in [0.29, 0.717) is 21.5 Å². The fraction of sp³-hybridized carbons (Fsp3) is 0.588. The third-order valence-electron chi connectivity index (χ3n) is 4.57.